The van der Waals surface area contributed by atoms with Crippen molar-refractivity contribution in [3.63, 3.8) is 0 Å². The van der Waals surface area contributed by atoms with Crippen LogP contribution in [0.4, 0.5) is 39.5 Å². The summed E-state index contributed by atoms with van der Waals surface area (Å²) in [7, 11) is 0. The van der Waals surface area contributed by atoms with Crippen molar-refractivity contribution in [2.75, 3.05) is 0 Å². The quantitative estimate of drug-likeness (QED) is 0.165. The van der Waals surface area contributed by atoms with Gasteiger partial charge in [-0.05, 0) is 35.0 Å². The molecule has 0 radical (unpaired) electrons. The Balaban J connectivity index is 1.78. The van der Waals surface area contributed by atoms with Crippen molar-refractivity contribution in [2.24, 2.45) is 0 Å². The first-order valence-electron chi connectivity index (χ1n) is 11.1. The largest absolute Gasteiger partial charge is 0.436 e. The minimum atomic E-state index is -5.72. The van der Waals surface area contributed by atoms with E-state index in [0.29, 0.717) is 27.4 Å². The first-order chi connectivity index (χ1) is 18.2. The molecule has 1 heterocycles. The van der Waals surface area contributed by atoms with Crippen LogP contribution >= 0.6 is 0 Å². The van der Waals surface area contributed by atoms with Crippen LogP contribution in [0.3, 0.4) is 0 Å². The van der Waals surface area contributed by atoms with Gasteiger partial charge in [-0.15, -0.1) is 10.2 Å². The van der Waals surface area contributed by atoms with Crippen LogP contribution in [0.25, 0.3) is 32.8 Å². The number of benzene rings is 4. The van der Waals surface area contributed by atoms with Gasteiger partial charge in [0.2, 0.25) is 5.88 Å². The maximum Gasteiger partial charge on any atom is 0.420 e. The average Bonchev–Trinajstić information content (AvgIpc) is 2.86. The molecule has 4 aromatic carbocycles. The fourth-order valence-electron chi connectivity index (χ4n) is 4.16. The van der Waals surface area contributed by atoms with E-state index in [1.807, 2.05) is 0 Å². The molecular formula is C27H13F9N2O. The summed E-state index contributed by atoms with van der Waals surface area (Å²) in [5.41, 5.74) is -5.98. The molecule has 0 atom stereocenters. The van der Waals surface area contributed by atoms with Crippen LogP contribution < -0.4 is 4.74 Å². The standard InChI is InChI=1S/C27H13F9N2O/c28-25(29,30)19-12-21(27(34,35)36)22(13-20(19)26(31,32)33)39-24-18-11-16-9-5-4-8-15(16)10-17(18)23(37-38-24)14-6-2-1-3-7-14/h1-13H. The minimum Gasteiger partial charge on any atom is -0.436 e. The summed E-state index contributed by atoms with van der Waals surface area (Å²) in [4.78, 5) is 0. The summed E-state index contributed by atoms with van der Waals surface area (Å²) in [6.45, 7) is 0. The van der Waals surface area contributed by atoms with Crippen LogP contribution in [0, 0.1) is 0 Å². The van der Waals surface area contributed by atoms with Crippen LogP contribution in [0.5, 0.6) is 11.6 Å². The molecule has 0 aliphatic heterocycles. The number of hydrogen-bond acceptors (Lipinski definition) is 3. The van der Waals surface area contributed by atoms with Gasteiger partial charge in [0, 0.05) is 16.3 Å². The molecule has 0 aliphatic rings. The molecule has 200 valence electrons. The second-order valence-electron chi connectivity index (χ2n) is 8.45. The number of fused-ring (bicyclic) bond motifs is 2. The highest BCUT2D eigenvalue weighted by Crippen LogP contribution is 2.48. The highest BCUT2D eigenvalue weighted by molar-refractivity contribution is 6.05. The monoisotopic (exact) mass is 552 g/mol. The molecule has 3 nitrogen and oxygen atoms in total. The lowest BCUT2D eigenvalue weighted by Crippen LogP contribution is -2.19. The van der Waals surface area contributed by atoms with Gasteiger partial charge in [-0.1, -0.05) is 54.6 Å². The molecule has 1 aromatic heterocycles. The van der Waals surface area contributed by atoms with Crippen molar-refractivity contribution < 1.29 is 44.3 Å². The Morgan fingerprint density at radius 2 is 1.03 bits per heavy atom. The van der Waals surface area contributed by atoms with E-state index in [2.05, 4.69) is 10.2 Å². The summed E-state index contributed by atoms with van der Waals surface area (Å²) >= 11 is 0. The van der Waals surface area contributed by atoms with Gasteiger partial charge in [0.25, 0.3) is 0 Å². The predicted molar refractivity (Wildman–Crippen MR) is 124 cm³/mol. The van der Waals surface area contributed by atoms with Gasteiger partial charge in [0.15, 0.2) is 0 Å². The van der Waals surface area contributed by atoms with Crippen LogP contribution in [0.2, 0.25) is 0 Å². The van der Waals surface area contributed by atoms with Crippen LogP contribution in [0.1, 0.15) is 16.7 Å². The van der Waals surface area contributed by atoms with Crippen molar-refractivity contribution in [1.29, 1.82) is 0 Å². The summed E-state index contributed by atoms with van der Waals surface area (Å²) in [6, 6.07) is 17.7. The molecule has 0 saturated heterocycles. The third-order valence-electron chi connectivity index (χ3n) is 5.90. The molecule has 0 bridgehead atoms. The maximum absolute atomic E-state index is 13.8. The lowest BCUT2D eigenvalue weighted by molar-refractivity contribution is -0.163. The van der Waals surface area contributed by atoms with Gasteiger partial charge in [-0.3, -0.25) is 0 Å². The number of rotatable bonds is 3. The number of halogens is 9. The van der Waals surface area contributed by atoms with E-state index in [-0.39, 0.29) is 11.5 Å². The summed E-state index contributed by atoms with van der Waals surface area (Å²) in [5, 5.41) is 9.62. The molecule has 39 heavy (non-hydrogen) atoms. The van der Waals surface area contributed by atoms with Gasteiger partial charge in [0.1, 0.15) is 11.4 Å². The third kappa shape index (κ3) is 5.06. The van der Waals surface area contributed by atoms with E-state index >= 15 is 0 Å². The normalized spacial score (nSPS) is 12.7. The molecule has 0 spiro atoms. The molecule has 0 N–H and O–H groups in total. The van der Waals surface area contributed by atoms with Crippen molar-refractivity contribution in [3.05, 3.63) is 95.6 Å². The van der Waals surface area contributed by atoms with Crippen molar-refractivity contribution in [2.45, 2.75) is 18.5 Å². The van der Waals surface area contributed by atoms with E-state index in [1.54, 1.807) is 60.7 Å². The molecule has 0 saturated carbocycles. The smallest absolute Gasteiger partial charge is 0.420 e. The number of aromatic nitrogens is 2. The molecule has 12 heteroatoms. The Labute approximate surface area is 213 Å². The highest BCUT2D eigenvalue weighted by Gasteiger charge is 2.47. The topological polar surface area (TPSA) is 35.0 Å². The van der Waals surface area contributed by atoms with Gasteiger partial charge >= 0.3 is 18.5 Å². The lowest BCUT2D eigenvalue weighted by atomic mass is 10.00. The molecular weight excluding hydrogens is 539 g/mol. The fourth-order valence-corrected chi connectivity index (χ4v) is 4.16. The Morgan fingerprint density at radius 3 is 1.59 bits per heavy atom. The Morgan fingerprint density at radius 1 is 0.513 bits per heavy atom. The summed E-state index contributed by atoms with van der Waals surface area (Å²) in [5.74, 6) is -2.12. The second-order valence-corrected chi connectivity index (χ2v) is 8.45. The van der Waals surface area contributed by atoms with Crippen molar-refractivity contribution >= 4 is 21.5 Å². The van der Waals surface area contributed by atoms with Crippen molar-refractivity contribution in [1.82, 2.24) is 10.2 Å². The van der Waals surface area contributed by atoms with E-state index in [0.717, 1.165) is 0 Å². The molecule has 0 fully saturated rings. The fraction of sp³-hybridized carbons (Fsp3) is 0.111. The molecule has 0 amide bonds. The Bertz CT molecular complexity index is 1690. The molecule has 5 rings (SSSR count). The third-order valence-corrected chi connectivity index (χ3v) is 5.90. The molecule has 0 aliphatic carbocycles. The summed E-state index contributed by atoms with van der Waals surface area (Å²) in [6.07, 6.45) is -16.8. The van der Waals surface area contributed by atoms with Crippen LogP contribution in [-0.4, -0.2) is 10.2 Å². The van der Waals surface area contributed by atoms with Gasteiger partial charge in [-0.25, -0.2) is 0 Å². The summed E-state index contributed by atoms with van der Waals surface area (Å²) < 4.78 is 127. The maximum atomic E-state index is 13.8. The lowest BCUT2D eigenvalue weighted by Gasteiger charge is -2.21. The zero-order valence-electron chi connectivity index (χ0n) is 19.2. The Hall–Kier alpha value is -4.35. The zero-order chi connectivity index (χ0) is 28.2. The number of nitrogens with zero attached hydrogens (tertiary/aromatic N) is 2. The van der Waals surface area contributed by atoms with Gasteiger partial charge in [0.05, 0.1) is 16.7 Å². The van der Waals surface area contributed by atoms with Gasteiger partial charge in [-0.2, -0.15) is 39.5 Å². The van der Waals surface area contributed by atoms with Crippen LogP contribution in [0.15, 0.2) is 78.9 Å². The molecule has 5 aromatic rings. The highest BCUT2D eigenvalue weighted by atomic mass is 19.4. The number of ether oxygens (including phenoxy) is 1. The zero-order valence-corrected chi connectivity index (χ0v) is 19.2. The van der Waals surface area contributed by atoms with Crippen LogP contribution in [-0.2, 0) is 18.5 Å². The molecule has 0 unspecified atom stereocenters. The van der Waals surface area contributed by atoms with Gasteiger partial charge < -0.3 is 4.74 Å². The van der Waals surface area contributed by atoms with E-state index in [1.165, 1.54) is 6.07 Å². The average molecular weight is 552 g/mol. The van der Waals surface area contributed by atoms with E-state index < -0.39 is 52.9 Å². The SMILES string of the molecule is FC(F)(F)c1cc(C(F)(F)F)c(C(F)(F)F)cc1Oc1nnc(-c2ccccc2)c2cc3ccccc3cc12. The minimum absolute atomic E-state index is 0.0872. The van der Waals surface area contributed by atoms with E-state index in [4.69, 9.17) is 4.74 Å². The second kappa shape index (κ2) is 9.14. The Kier molecular flexibility index (Phi) is 6.15. The first kappa shape index (κ1) is 26.3. The number of alkyl halides is 9. The van der Waals surface area contributed by atoms with Crippen molar-refractivity contribution in [3.8, 4) is 22.9 Å². The predicted octanol–water partition coefficient (Wildman–Crippen LogP) is 9.30. The first-order valence-corrected chi connectivity index (χ1v) is 11.1. The van der Waals surface area contributed by atoms with E-state index in [9.17, 15) is 39.5 Å². The number of hydrogen-bond donors (Lipinski definition) is 0.